The fourth-order valence-corrected chi connectivity index (χ4v) is 4.62. The molecule has 3 aromatic rings. The van der Waals surface area contributed by atoms with E-state index < -0.39 is 0 Å². The Balaban J connectivity index is 0.000000139. The summed E-state index contributed by atoms with van der Waals surface area (Å²) in [5.41, 5.74) is 11.0. The van der Waals surface area contributed by atoms with Gasteiger partial charge in [0.1, 0.15) is 0 Å². The first-order valence-corrected chi connectivity index (χ1v) is 12.8. The van der Waals surface area contributed by atoms with Crippen molar-refractivity contribution in [2.75, 3.05) is 0 Å². The van der Waals surface area contributed by atoms with Crippen LogP contribution in [0.5, 0.6) is 0 Å². The Morgan fingerprint density at radius 3 is 2.22 bits per heavy atom. The second kappa shape index (κ2) is 11.7. The summed E-state index contributed by atoms with van der Waals surface area (Å²) in [4.78, 5) is 0. The van der Waals surface area contributed by atoms with Gasteiger partial charge in [0.15, 0.2) is 0 Å². The summed E-state index contributed by atoms with van der Waals surface area (Å²) in [5.74, 6) is 1.20. The van der Waals surface area contributed by atoms with Gasteiger partial charge in [0, 0.05) is 0 Å². The minimum absolute atomic E-state index is 0.539. The van der Waals surface area contributed by atoms with Crippen molar-refractivity contribution in [3.8, 4) is 11.1 Å². The molecule has 0 spiro atoms. The van der Waals surface area contributed by atoms with Crippen LogP contribution in [0.4, 0.5) is 0 Å². The standard InChI is InChI=1S/C13H9.C10H15.C8H8.Zr/c1-3-7-12-10(5-1)9-11-6-2-4-8-13(11)12;1-7(2)10-6-8(3)5-9(10)4;1-7-3-5-8(2)6-4-7;/h1-5,7-8H,9H2;6-8H,1-4H3;1,3-6H,2H3;/q2*-1;;+2. The third-order valence-corrected chi connectivity index (χ3v) is 6.61. The van der Waals surface area contributed by atoms with E-state index in [1.165, 1.54) is 68.8 Å². The predicted octanol–water partition coefficient (Wildman–Crippen LogP) is 7.72. The fourth-order valence-electron chi connectivity index (χ4n) is 4.15. The van der Waals surface area contributed by atoms with Crippen LogP contribution < -0.4 is 0 Å². The maximum atomic E-state index is 3.37. The zero-order chi connectivity index (χ0) is 23.1. The Morgan fingerprint density at radius 2 is 1.62 bits per heavy atom. The molecule has 0 radical (unpaired) electrons. The van der Waals surface area contributed by atoms with Crippen molar-refractivity contribution in [3.63, 3.8) is 0 Å². The SMILES string of the molecule is CC1=[C-]C(C)C=C1C(C)C.Cc1ccc([CH]=[Zr+2])cc1.[c-]1cccc2c1Cc1ccccc1-2. The number of hydrogen-bond acceptors (Lipinski definition) is 0. The van der Waals surface area contributed by atoms with Gasteiger partial charge in [0.05, 0.1) is 0 Å². The Kier molecular flexibility index (Phi) is 8.95. The molecule has 2 aliphatic carbocycles. The van der Waals surface area contributed by atoms with Crippen molar-refractivity contribution in [2.24, 2.45) is 11.8 Å². The van der Waals surface area contributed by atoms with Crippen LogP contribution in [0.1, 0.15) is 49.9 Å². The Hall–Kier alpha value is -2.11. The second-order valence-corrected chi connectivity index (χ2v) is 9.50. The summed E-state index contributed by atoms with van der Waals surface area (Å²) in [6.45, 7) is 10.9. The van der Waals surface area contributed by atoms with Gasteiger partial charge in [-0.25, -0.2) is 5.57 Å². The first kappa shape index (κ1) is 24.5. The summed E-state index contributed by atoms with van der Waals surface area (Å²) >= 11 is 1.47. The molecule has 0 N–H and O–H groups in total. The van der Waals surface area contributed by atoms with E-state index in [9.17, 15) is 0 Å². The third kappa shape index (κ3) is 6.46. The minimum Gasteiger partial charge on any atom is -0.179 e. The summed E-state index contributed by atoms with van der Waals surface area (Å²) in [7, 11) is 0. The smallest absolute Gasteiger partial charge is 0.0253 e. The van der Waals surface area contributed by atoms with Crippen molar-refractivity contribution >= 4 is 3.71 Å². The van der Waals surface area contributed by atoms with Crippen molar-refractivity contribution in [1.82, 2.24) is 0 Å². The van der Waals surface area contributed by atoms with Crippen molar-refractivity contribution in [1.29, 1.82) is 0 Å². The molecule has 0 saturated heterocycles. The van der Waals surface area contributed by atoms with Crippen LogP contribution in [0.3, 0.4) is 0 Å². The van der Waals surface area contributed by atoms with E-state index in [2.05, 4.69) is 117 Å². The zero-order valence-corrected chi connectivity index (χ0v) is 22.3. The molecule has 1 atom stereocenters. The number of fused-ring (bicyclic) bond motifs is 3. The third-order valence-electron chi connectivity index (χ3n) is 5.79. The maximum absolute atomic E-state index is 3.37. The van der Waals surface area contributed by atoms with Crippen LogP contribution in [0.2, 0.25) is 0 Å². The Labute approximate surface area is 209 Å². The summed E-state index contributed by atoms with van der Waals surface area (Å²) in [6.07, 6.45) is 6.73. The molecule has 0 aromatic heterocycles. The van der Waals surface area contributed by atoms with Crippen LogP contribution in [0.25, 0.3) is 11.1 Å². The van der Waals surface area contributed by atoms with Gasteiger partial charge in [-0.05, 0) is 6.42 Å². The molecule has 0 bridgehead atoms. The van der Waals surface area contributed by atoms with Crippen LogP contribution in [-0.2, 0) is 30.7 Å². The van der Waals surface area contributed by atoms with Gasteiger partial charge < -0.3 is 0 Å². The van der Waals surface area contributed by atoms with Crippen molar-refractivity contribution in [2.45, 2.75) is 41.0 Å². The van der Waals surface area contributed by atoms with E-state index in [-0.39, 0.29) is 0 Å². The van der Waals surface area contributed by atoms with E-state index in [1.807, 2.05) is 6.07 Å². The average Bonchev–Trinajstić information content (AvgIpc) is 3.34. The molecule has 0 saturated carbocycles. The van der Waals surface area contributed by atoms with E-state index in [4.69, 9.17) is 0 Å². The minimum atomic E-state index is 0.539. The molecule has 0 amide bonds. The molecule has 0 nitrogen and oxygen atoms in total. The number of benzene rings is 3. The van der Waals surface area contributed by atoms with Gasteiger partial charge in [0.2, 0.25) is 0 Å². The normalized spacial score (nSPS) is 15.4. The largest absolute Gasteiger partial charge is 0.179 e. The summed E-state index contributed by atoms with van der Waals surface area (Å²) in [5, 5.41) is 0. The molecule has 0 fully saturated rings. The molecule has 5 rings (SSSR count). The molecule has 1 heteroatoms. The first-order chi connectivity index (χ1) is 15.4. The fraction of sp³-hybridized carbons (Fsp3) is 0.258. The molecular weight excluding hydrogens is 464 g/mol. The van der Waals surface area contributed by atoms with E-state index in [0.29, 0.717) is 11.8 Å². The van der Waals surface area contributed by atoms with Gasteiger partial charge in [-0.15, -0.1) is 5.56 Å². The monoisotopic (exact) mass is 494 g/mol. The molecule has 1 unspecified atom stereocenters. The predicted molar refractivity (Wildman–Crippen MR) is 134 cm³/mol. The molecule has 160 valence electrons. The van der Waals surface area contributed by atoms with E-state index in [0.717, 1.165) is 6.42 Å². The van der Waals surface area contributed by atoms with Gasteiger partial charge in [0.25, 0.3) is 0 Å². The molecule has 32 heavy (non-hydrogen) atoms. The van der Waals surface area contributed by atoms with Crippen LogP contribution in [0, 0.1) is 30.9 Å². The maximum Gasteiger partial charge on any atom is -0.0253 e. The molecule has 3 aromatic carbocycles. The second-order valence-electron chi connectivity index (χ2n) is 8.79. The molecular formula is C31H32Zr. The molecule has 0 heterocycles. The molecule has 0 aliphatic heterocycles. The number of allylic oxidation sites excluding steroid dienone is 4. The summed E-state index contributed by atoms with van der Waals surface area (Å²) < 4.78 is 2.19. The van der Waals surface area contributed by atoms with Crippen LogP contribution in [0.15, 0.2) is 84.0 Å². The quantitative estimate of drug-likeness (QED) is 0.250. The van der Waals surface area contributed by atoms with Gasteiger partial charge >= 0.3 is 70.3 Å². The first-order valence-electron chi connectivity index (χ1n) is 11.4. The average molecular weight is 496 g/mol. The van der Waals surface area contributed by atoms with E-state index in [1.54, 1.807) is 0 Å². The Bertz CT molecular complexity index is 1070. The number of aryl methyl sites for hydroxylation is 1. The van der Waals surface area contributed by atoms with Crippen molar-refractivity contribution < 1.29 is 24.2 Å². The van der Waals surface area contributed by atoms with Crippen molar-refractivity contribution in [3.05, 3.63) is 118 Å². The van der Waals surface area contributed by atoms with Crippen LogP contribution in [-0.4, -0.2) is 3.71 Å². The molecule has 2 aliphatic rings. The van der Waals surface area contributed by atoms with Gasteiger partial charge in [-0.1, -0.05) is 74.9 Å². The van der Waals surface area contributed by atoms with Gasteiger partial charge in [-0.3, -0.25) is 6.08 Å². The Morgan fingerprint density at radius 1 is 0.938 bits per heavy atom. The van der Waals surface area contributed by atoms with Gasteiger partial charge in [-0.2, -0.15) is 41.5 Å². The number of rotatable bonds is 2. The number of hydrogen-bond donors (Lipinski definition) is 0. The van der Waals surface area contributed by atoms with Crippen LogP contribution >= 0.6 is 0 Å². The summed E-state index contributed by atoms with van der Waals surface area (Å²) in [6, 6.07) is 26.7. The van der Waals surface area contributed by atoms with E-state index >= 15 is 0 Å². The topological polar surface area (TPSA) is 0 Å². The zero-order valence-electron chi connectivity index (χ0n) is 19.9.